The van der Waals surface area contributed by atoms with Crippen LogP contribution in [0.25, 0.3) is 0 Å². The SMILES string of the molecule is COc1cc2c(cc1OC)[C@@H]1[C@H](C(=O)N3CCN(c4ccccn4)CC3)c3ccccc3C(=O)N1CC2. The molecular weight excluding hydrogens is 468 g/mol. The molecule has 1 saturated heterocycles. The van der Waals surface area contributed by atoms with Crippen LogP contribution < -0.4 is 14.4 Å². The number of carbonyl (C=O) groups excluding carboxylic acids is 2. The Labute approximate surface area is 216 Å². The number of piperazine rings is 1. The predicted octanol–water partition coefficient (Wildman–Crippen LogP) is 3.28. The van der Waals surface area contributed by atoms with E-state index in [-0.39, 0.29) is 11.8 Å². The van der Waals surface area contributed by atoms with Crippen molar-refractivity contribution in [3.05, 3.63) is 83.0 Å². The van der Waals surface area contributed by atoms with Crippen molar-refractivity contribution in [2.45, 2.75) is 18.4 Å². The fraction of sp³-hybridized carbons (Fsp3) is 0.345. The lowest BCUT2D eigenvalue weighted by molar-refractivity contribution is -0.135. The molecule has 0 spiro atoms. The summed E-state index contributed by atoms with van der Waals surface area (Å²) in [6.45, 7) is 3.19. The number of amides is 2. The van der Waals surface area contributed by atoms with E-state index in [1.165, 1.54) is 0 Å². The summed E-state index contributed by atoms with van der Waals surface area (Å²) in [7, 11) is 3.23. The van der Waals surface area contributed by atoms with E-state index in [1.54, 1.807) is 20.4 Å². The highest BCUT2D eigenvalue weighted by Crippen LogP contribution is 2.48. The van der Waals surface area contributed by atoms with Crippen LogP contribution in [0.4, 0.5) is 5.82 Å². The summed E-state index contributed by atoms with van der Waals surface area (Å²) in [6.07, 6.45) is 2.49. The number of ether oxygens (including phenoxy) is 2. The fourth-order valence-electron chi connectivity index (χ4n) is 6.01. The van der Waals surface area contributed by atoms with Crippen molar-refractivity contribution < 1.29 is 19.1 Å². The second kappa shape index (κ2) is 9.42. The van der Waals surface area contributed by atoms with Gasteiger partial charge >= 0.3 is 0 Å². The van der Waals surface area contributed by atoms with Gasteiger partial charge in [-0.2, -0.15) is 0 Å². The van der Waals surface area contributed by atoms with Crippen LogP contribution in [0.1, 0.15) is 39.0 Å². The molecule has 8 heteroatoms. The Balaban J connectivity index is 1.38. The van der Waals surface area contributed by atoms with Crippen LogP contribution in [-0.4, -0.2) is 73.5 Å². The van der Waals surface area contributed by atoms with E-state index < -0.39 is 12.0 Å². The molecule has 0 saturated carbocycles. The van der Waals surface area contributed by atoms with Gasteiger partial charge in [-0.05, 0) is 53.4 Å². The van der Waals surface area contributed by atoms with Gasteiger partial charge in [-0.25, -0.2) is 4.98 Å². The average molecular weight is 499 g/mol. The smallest absolute Gasteiger partial charge is 0.254 e. The van der Waals surface area contributed by atoms with E-state index in [0.29, 0.717) is 56.2 Å². The summed E-state index contributed by atoms with van der Waals surface area (Å²) in [5.41, 5.74) is 3.46. The number of methoxy groups -OCH3 is 2. The second-order valence-electron chi connectivity index (χ2n) is 9.66. The molecule has 3 aliphatic rings. The normalized spacial score (nSPS) is 20.6. The molecule has 0 unspecified atom stereocenters. The van der Waals surface area contributed by atoms with E-state index in [1.807, 2.05) is 64.4 Å². The monoisotopic (exact) mass is 498 g/mol. The second-order valence-corrected chi connectivity index (χ2v) is 9.66. The molecule has 4 heterocycles. The highest BCUT2D eigenvalue weighted by Gasteiger charge is 2.48. The summed E-state index contributed by atoms with van der Waals surface area (Å²) >= 11 is 0. The van der Waals surface area contributed by atoms with E-state index in [4.69, 9.17) is 9.47 Å². The summed E-state index contributed by atoms with van der Waals surface area (Å²) in [6, 6.07) is 17.0. The molecule has 37 heavy (non-hydrogen) atoms. The molecule has 1 fully saturated rings. The number of carbonyl (C=O) groups is 2. The molecule has 2 aromatic carbocycles. The molecule has 0 aliphatic carbocycles. The third kappa shape index (κ3) is 3.87. The van der Waals surface area contributed by atoms with Gasteiger partial charge in [0.2, 0.25) is 5.91 Å². The van der Waals surface area contributed by atoms with Gasteiger partial charge in [-0.15, -0.1) is 0 Å². The molecule has 2 atom stereocenters. The van der Waals surface area contributed by atoms with Gasteiger partial charge in [0.15, 0.2) is 11.5 Å². The maximum absolute atomic E-state index is 14.3. The Morgan fingerprint density at radius 1 is 0.892 bits per heavy atom. The van der Waals surface area contributed by atoms with Crippen molar-refractivity contribution in [2.24, 2.45) is 0 Å². The summed E-state index contributed by atoms with van der Waals surface area (Å²) < 4.78 is 11.2. The number of hydrogen-bond donors (Lipinski definition) is 0. The number of hydrogen-bond acceptors (Lipinski definition) is 6. The Hall–Kier alpha value is -4.07. The first kappa shape index (κ1) is 23.3. The largest absolute Gasteiger partial charge is 0.493 e. The minimum absolute atomic E-state index is 0.0231. The highest BCUT2D eigenvalue weighted by molar-refractivity contribution is 6.01. The summed E-state index contributed by atoms with van der Waals surface area (Å²) in [5.74, 6) is 1.72. The van der Waals surface area contributed by atoms with Crippen molar-refractivity contribution in [2.75, 3.05) is 51.8 Å². The van der Waals surface area contributed by atoms with Crippen LogP contribution in [0.15, 0.2) is 60.8 Å². The van der Waals surface area contributed by atoms with Crippen molar-refractivity contribution >= 4 is 17.6 Å². The lowest BCUT2D eigenvalue weighted by atomic mass is 9.75. The molecule has 8 nitrogen and oxygen atoms in total. The van der Waals surface area contributed by atoms with E-state index >= 15 is 0 Å². The summed E-state index contributed by atoms with van der Waals surface area (Å²) in [4.78, 5) is 38.4. The molecule has 1 aromatic heterocycles. The Kier molecular flexibility index (Phi) is 5.94. The topological polar surface area (TPSA) is 75.2 Å². The predicted molar refractivity (Wildman–Crippen MR) is 139 cm³/mol. The number of rotatable bonds is 4. The Morgan fingerprint density at radius 2 is 1.62 bits per heavy atom. The number of pyridine rings is 1. The first-order valence-corrected chi connectivity index (χ1v) is 12.7. The third-order valence-electron chi connectivity index (χ3n) is 7.86. The molecule has 0 radical (unpaired) electrons. The molecule has 2 amide bonds. The quantitative estimate of drug-likeness (QED) is 0.550. The minimum Gasteiger partial charge on any atom is -0.493 e. The standard InChI is InChI=1S/C29H30N4O4/c1-36-23-17-19-10-12-33-27(22(19)18-24(23)37-2)26(20-7-3-4-8-21(20)28(33)34)29(35)32-15-13-31(14-16-32)25-9-5-6-11-30-25/h3-9,11,17-18,26-27H,10,12-16H2,1-2H3/t26-,27-/m1/s1. The van der Waals surface area contributed by atoms with Crippen LogP contribution in [0.5, 0.6) is 11.5 Å². The van der Waals surface area contributed by atoms with E-state index in [9.17, 15) is 9.59 Å². The van der Waals surface area contributed by atoms with Gasteiger partial charge in [0.25, 0.3) is 5.91 Å². The molecule has 190 valence electrons. The molecule has 3 aliphatic heterocycles. The van der Waals surface area contributed by atoms with Crippen molar-refractivity contribution in [1.29, 1.82) is 0 Å². The average Bonchev–Trinajstić information content (AvgIpc) is 2.96. The first-order chi connectivity index (χ1) is 18.1. The van der Waals surface area contributed by atoms with Crippen LogP contribution in [0.2, 0.25) is 0 Å². The fourth-order valence-corrected chi connectivity index (χ4v) is 6.01. The zero-order chi connectivity index (χ0) is 25.5. The van der Waals surface area contributed by atoms with Gasteiger partial charge in [0.05, 0.1) is 26.2 Å². The highest BCUT2D eigenvalue weighted by atomic mass is 16.5. The van der Waals surface area contributed by atoms with Crippen LogP contribution in [0.3, 0.4) is 0 Å². The zero-order valence-electron chi connectivity index (χ0n) is 21.1. The minimum atomic E-state index is -0.493. The summed E-state index contributed by atoms with van der Waals surface area (Å²) in [5, 5.41) is 0. The molecular formula is C29H30N4O4. The number of fused-ring (bicyclic) bond motifs is 4. The maximum atomic E-state index is 14.3. The Bertz CT molecular complexity index is 1340. The van der Waals surface area contributed by atoms with Gasteiger partial charge in [0.1, 0.15) is 5.82 Å². The Morgan fingerprint density at radius 3 is 2.35 bits per heavy atom. The van der Waals surface area contributed by atoms with Crippen LogP contribution >= 0.6 is 0 Å². The van der Waals surface area contributed by atoms with Crippen LogP contribution in [0, 0.1) is 0 Å². The van der Waals surface area contributed by atoms with Crippen LogP contribution in [-0.2, 0) is 11.2 Å². The first-order valence-electron chi connectivity index (χ1n) is 12.7. The van der Waals surface area contributed by atoms with E-state index in [2.05, 4.69) is 9.88 Å². The maximum Gasteiger partial charge on any atom is 0.254 e. The van der Waals surface area contributed by atoms with Gasteiger partial charge < -0.3 is 24.2 Å². The molecule has 6 rings (SSSR count). The van der Waals surface area contributed by atoms with Crippen molar-refractivity contribution in [3.63, 3.8) is 0 Å². The van der Waals surface area contributed by atoms with E-state index in [0.717, 1.165) is 22.5 Å². The third-order valence-corrected chi connectivity index (χ3v) is 7.86. The number of anilines is 1. The molecule has 3 aromatic rings. The van der Waals surface area contributed by atoms with Crippen molar-refractivity contribution in [3.8, 4) is 11.5 Å². The van der Waals surface area contributed by atoms with Gasteiger partial charge in [-0.3, -0.25) is 9.59 Å². The number of benzene rings is 2. The van der Waals surface area contributed by atoms with Gasteiger partial charge in [0, 0.05) is 44.5 Å². The molecule has 0 N–H and O–H groups in total. The zero-order valence-corrected chi connectivity index (χ0v) is 21.1. The van der Waals surface area contributed by atoms with Gasteiger partial charge in [-0.1, -0.05) is 24.3 Å². The number of nitrogens with zero attached hydrogens (tertiary/aromatic N) is 4. The lowest BCUT2D eigenvalue weighted by Gasteiger charge is -2.47. The molecule has 0 bridgehead atoms. The van der Waals surface area contributed by atoms with Crippen molar-refractivity contribution in [1.82, 2.24) is 14.8 Å². The number of aromatic nitrogens is 1. The lowest BCUT2D eigenvalue weighted by Crippen LogP contribution is -2.54.